The molecule has 1 heterocycles. The van der Waals surface area contributed by atoms with Crippen molar-refractivity contribution in [3.05, 3.63) is 24.3 Å². The number of sulfonamides is 1. The Kier molecular flexibility index (Phi) is 4.89. The second kappa shape index (κ2) is 6.93. The predicted octanol–water partition coefficient (Wildman–Crippen LogP) is 2.63. The summed E-state index contributed by atoms with van der Waals surface area (Å²) in [5, 5.41) is 2.86. The third-order valence-electron chi connectivity index (χ3n) is 4.71. The van der Waals surface area contributed by atoms with Gasteiger partial charge in [-0.2, -0.15) is 8.42 Å². The van der Waals surface area contributed by atoms with E-state index in [1.54, 1.807) is 12.1 Å². The number of carbonyl (C=O) groups is 1. The zero-order valence-electron chi connectivity index (χ0n) is 13.9. The Morgan fingerprint density at radius 1 is 1.17 bits per heavy atom. The summed E-state index contributed by atoms with van der Waals surface area (Å²) in [6.07, 6.45) is 5.68. The Morgan fingerprint density at radius 3 is 2.42 bits per heavy atom. The quantitative estimate of drug-likeness (QED) is 0.906. The second-order valence-electron chi connectivity index (χ2n) is 6.50. The summed E-state index contributed by atoms with van der Waals surface area (Å²) in [6, 6.07) is 6.24. The van der Waals surface area contributed by atoms with E-state index in [0.29, 0.717) is 17.9 Å². The highest BCUT2D eigenvalue weighted by atomic mass is 32.2. The highest BCUT2D eigenvalue weighted by Gasteiger charge is 2.23. The van der Waals surface area contributed by atoms with Gasteiger partial charge in [-0.1, -0.05) is 12.8 Å². The van der Waals surface area contributed by atoms with Gasteiger partial charge in [-0.15, -0.1) is 4.40 Å². The first-order valence-electron chi connectivity index (χ1n) is 8.41. The number of likely N-dealkylation sites (tertiary alicyclic amines) is 1. The van der Waals surface area contributed by atoms with Crippen LogP contribution in [0.3, 0.4) is 0 Å². The molecule has 7 heteroatoms. The first-order valence-corrected chi connectivity index (χ1v) is 9.85. The van der Waals surface area contributed by atoms with E-state index in [0.717, 1.165) is 38.6 Å². The monoisotopic (exact) mass is 349 g/mol. The molecule has 2 aliphatic rings. The molecule has 1 amide bonds. The Morgan fingerprint density at radius 2 is 1.83 bits per heavy atom. The largest absolute Gasteiger partial charge is 0.362 e. The summed E-state index contributed by atoms with van der Waals surface area (Å²) in [6.45, 7) is 0.834. The number of nitrogens with zero attached hydrogens (tertiary/aromatic N) is 2. The van der Waals surface area contributed by atoms with E-state index in [9.17, 15) is 13.2 Å². The molecule has 1 aromatic carbocycles. The number of benzene rings is 1. The zero-order valence-corrected chi connectivity index (χ0v) is 14.7. The minimum atomic E-state index is -3.70. The van der Waals surface area contributed by atoms with Gasteiger partial charge in [0.1, 0.15) is 5.84 Å². The van der Waals surface area contributed by atoms with Crippen molar-refractivity contribution in [3.63, 3.8) is 0 Å². The molecule has 1 aromatic rings. The van der Waals surface area contributed by atoms with Crippen LogP contribution in [0.1, 0.15) is 38.5 Å². The lowest BCUT2D eigenvalue weighted by Gasteiger charge is -2.12. The maximum atomic E-state index is 12.4. The predicted molar refractivity (Wildman–Crippen MR) is 93.5 cm³/mol. The Hall–Kier alpha value is -1.89. The van der Waals surface area contributed by atoms with E-state index >= 15 is 0 Å². The zero-order chi connectivity index (χ0) is 17.2. The Balaban J connectivity index is 1.70. The summed E-state index contributed by atoms with van der Waals surface area (Å²) in [5.74, 6) is 0.710. The molecule has 0 spiro atoms. The van der Waals surface area contributed by atoms with Crippen LogP contribution in [0.15, 0.2) is 33.6 Å². The summed E-state index contributed by atoms with van der Waals surface area (Å²) >= 11 is 0. The smallest absolute Gasteiger partial charge is 0.283 e. The number of rotatable bonds is 4. The molecular weight excluding hydrogens is 326 g/mol. The van der Waals surface area contributed by atoms with Crippen LogP contribution in [-0.2, 0) is 14.8 Å². The van der Waals surface area contributed by atoms with E-state index in [4.69, 9.17) is 0 Å². The van der Waals surface area contributed by atoms with Gasteiger partial charge in [0.15, 0.2) is 0 Å². The van der Waals surface area contributed by atoms with Crippen molar-refractivity contribution >= 4 is 27.5 Å². The molecule has 1 saturated heterocycles. The van der Waals surface area contributed by atoms with Gasteiger partial charge in [-0.3, -0.25) is 4.79 Å². The van der Waals surface area contributed by atoms with Crippen LogP contribution in [0, 0.1) is 5.92 Å². The lowest BCUT2D eigenvalue weighted by Crippen LogP contribution is -2.21. The van der Waals surface area contributed by atoms with Crippen molar-refractivity contribution in [2.75, 3.05) is 18.9 Å². The average molecular weight is 349 g/mol. The molecule has 0 bridgehead atoms. The molecule has 0 radical (unpaired) electrons. The Labute approximate surface area is 143 Å². The fraction of sp³-hybridized carbons (Fsp3) is 0.529. The van der Waals surface area contributed by atoms with Crippen LogP contribution in [0.2, 0.25) is 0 Å². The van der Waals surface area contributed by atoms with Crippen LogP contribution in [0.25, 0.3) is 0 Å². The molecule has 1 aliphatic heterocycles. The molecule has 1 N–H and O–H groups in total. The topological polar surface area (TPSA) is 78.8 Å². The number of carbonyl (C=O) groups excluding carboxylic acids is 1. The van der Waals surface area contributed by atoms with E-state index in [1.807, 2.05) is 11.9 Å². The van der Waals surface area contributed by atoms with Crippen molar-refractivity contribution in [1.29, 1.82) is 0 Å². The minimum absolute atomic E-state index is 0.0240. The molecule has 6 nitrogen and oxygen atoms in total. The minimum Gasteiger partial charge on any atom is -0.362 e. The van der Waals surface area contributed by atoms with Crippen molar-refractivity contribution in [2.45, 2.75) is 43.4 Å². The third-order valence-corrected chi connectivity index (χ3v) is 6.02. The fourth-order valence-electron chi connectivity index (χ4n) is 3.24. The van der Waals surface area contributed by atoms with Crippen molar-refractivity contribution in [3.8, 4) is 0 Å². The van der Waals surface area contributed by atoms with Gasteiger partial charge >= 0.3 is 0 Å². The van der Waals surface area contributed by atoms with Crippen LogP contribution in [0.5, 0.6) is 0 Å². The van der Waals surface area contributed by atoms with Crippen LogP contribution < -0.4 is 5.32 Å². The van der Waals surface area contributed by atoms with E-state index in [-0.39, 0.29) is 16.7 Å². The number of amides is 1. The van der Waals surface area contributed by atoms with Crippen molar-refractivity contribution < 1.29 is 13.2 Å². The number of anilines is 1. The number of amidine groups is 1. The van der Waals surface area contributed by atoms with Gasteiger partial charge in [0, 0.05) is 31.6 Å². The van der Waals surface area contributed by atoms with Crippen molar-refractivity contribution in [1.82, 2.24) is 4.90 Å². The third kappa shape index (κ3) is 3.77. The van der Waals surface area contributed by atoms with Gasteiger partial charge in [-0.25, -0.2) is 0 Å². The van der Waals surface area contributed by atoms with Gasteiger partial charge < -0.3 is 10.2 Å². The molecular formula is C17H23N3O3S. The van der Waals surface area contributed by atoms with Crippen LogP contribution in [-0.4, -0.2) is 38.7 Å². The maximum Gasteiger partial charge on any atom is 0.283 e. The standard InChI is InChI=1S/C17H23N3O3S/c1-20-12-4-7-16(20)19-24(22,23)15-10-8-14(9-11-15)18-17(21)13-5-2-3-6-13/h8-11,13H,2-7,12H2,1H3,(H,18,21)/b19-16+. The SMILES string of the molecule is CN1CCC/C1=N\S(=O)(=O)c1ccc(NC(=O)C2CCCC2)cc1. The molecule has 130 valence electrons. The lowest BCUT2D eigenvalue weighted by atomic mass is 10.1. The number of hydrogen-bond acceptors (Lipinski definition) is 3. The fourth-order valence-corrected chi connectivity index (χ4v) is 4.34. The summed E-state index contributed by atoms with van der Waals surface area (Å²) < 4.78 is 28.7. The van der Waals surface area contributed by atoms with Gasteiger partial charge in [-0.05, 0) is 43.5 Å². The van der Waals surface area contributed by atoms with E-state index in [2.05, 4.69) is 9.71 Å². The molecule has 0 aromatic heterocycles. The first kappa shape index (κ1) is 17.0. The van der Waals surface area contributed by atoms with Crippen LogP contribution >= 0.6 is 0 Å². The number of hydrogen-bond donors (Lipinski definition) is 1. The Bertz CT molecular complexity index is 735. The van der Waals surface area contributed by atoms with E-state index < -0.39 is 10.0 Å². The highest BCUT2D eigenvalue weighted by molar-refractivity contribution is 7.90. The first-order chi connectivity index (χ1) is 11.5. The van der Waals surface area contributed by atoms with Crippen LogP contribution in [0.4, 0.5) is 5.69 Å². The summed E-state index contributed by atoms with van der Waals surface area (Å²) in [5.41, 5.74) is 0.622. The summed E-state index contributed by atoms with van der Waals surface area (Å²) in [7, 11) is -1.85. The molecule has 1 aliphatic carbocycles. The van der Waals surface area contributed by atoms with Gasteiger partial charge in [0.25, 0.3) is 10.0 Å². The molecule has 1 saturated carbocycles. The molecule has 3 rings (SSSR count). The molecule has 0 atom stereocenters. The average Bonchev–Trinajstić information content (AvgIpc) is 3.20. The maximum absolute atomic E-state index is 12.4. The highest BCUT2D eigenvalue weighted by Crippen LogP contribution is 2.26. The normalized spacial score (nSPS) is 20.7. The molecule has 24 heavy (non-hydrogen) atoms. The summed E-state index contributed by atoms with van der Waals surface area (Å²) in [4.78, 5) is 14.1. The second-order valence-corrected chi connectivity index (χ2v) is 8.11. The molecule has 0 unspecified atom stereocenters. The molecule has 2 fully saturated rings. The van der Waals surface area contributed by atoms with Gasteiger partial charge in [0.2, 0.25) is 5.91 Å². The van der Waals surface area contributed by atoms with E-state index in [1.165, 1.54) is 12.1 Å². The van der Waals surface area contributed by atoms with Gasteiger partial charge in [0.05, 0.1) is 4.90 Å². The number of nitrogens with one attached hydrogen (secondary N) is 1. The van der Waals surface area contributed by atoms with Crippen molar-refractivity contribution in [2.24, 2.45) is 10.3 Å². The lowest BCUT2D eigenvalue weighted by molar-refractivity contribution is -0.119.